The van der Waals surface area contributed by atoms with Crippen LogP contribution < -0.4 is 5.32 Å². The van der Waals surface area contributed by atoms with Crippen molar-refractivity contribution >= 4 is 52.0 Å². The fraction of sp³-hybridized carbons (Fsp3) is 0.0435. The Morgan fingerprint density at radius 1 is 1.03 bits per heavy atom. The number of carbonyl (C=O) groups is 1. The molecule has 6 heteroatoms. The van der Waals surface area contributed by atoms with Gasteiger partial charge in [-0.25, -0.2) is 4.98 Å². The van der Waals surface area contributed by atoms with E-state index in [0.29, 0.717) is 27.2 Å². The van der Waals surface area contributed by atoms with Crippen LogP contribution >= 0.6 is 23.2 Å². The zero-order valence-electron chi connectivity index (χ0n) is 15.4. The molecule has 0 atom stereocenters. The summed E-state index contributed by atoms with van der Waals surface area (Å²) in [6.07, 6.45) is 3.14. The Bertz CT molecular complexity index is 1230. The minimum Gasteiger partial charge on any atom is -0.436 e. The molecule has 1 aromatic heterocycles. The molecule has 29 heavy (non-hydrogen) atoms. The smallest absolute Gasteiger partial charge is 0.248 e. The number of amides is 1. The molecule has 4 rings (SSSR count). The van der Waals surface area contributed by atoms with E-state index in [4.69, 9.17) is 27.6 Å². The summed E-state index contributed by atoms with van der Waals surface area (Å²) in [5.74, 6) is 0.168. The number of fused-ring (bicyclic) bond motifs is 1. The molecule has 0 aliphatic rings. The Balaban J connectivity index is 1.56. The lowest BCUT2D eigenvalue weighted by molar-refractivity contribution is -0.111. The molecular formula is C23H16Cl2N2O2. The normalized spacial score (nSPS) is 11.3. The van der Waals surface area contributed by atoms with Gasteiger partial charge in [-0.15, -0.1) is 0 Å². The highest BCUT2D eigenvalue weighted by atomic mass is 35.5. The van der Waals surface area contributed by atoms with Gasteiger partial charge < -0.3 is 9.73 Å². The number of hydrogen-bond donors (Lipinski definition) is 1. The van der Waals surface area contributed by atoms with Crippen LogP contribution in [0.5, 0.6) is 0 Å². The van der Waals surface area contributed by atoms with Crippen molar-refractivity contribution in [3.8, 4) is 11.5 Å². The second kappa shape index (κ2) is 8.11. The number of benzene rings is 3. The van der Waals surface area contributed by atoms with Crippen LogP contribution in [0.15, 0.2) is 71.2 Å². The lowest BCUT2D eigenvalue weighted by Gasteiger charge is -2.06. The summed E-state index contributed by atoms with van der Waals surface area (Å²) < 4.78 is 5.86. The van der Waals surface area contributed by atoms with Crippen molar-refractivity contribution in [3.05, 3.63) is 87.9 Å². The van der Waals surface area contributed by atoms with Gasteiger partial charge in [0.05, 0.1) is 10.7 Å². The van der Waals surface area contributed by atoms with E-state index in [0.717, 1.165) is 22.2 Å². The van der Waals surface area contributed by atoms with Crippen molar-refractivity contribution in [2.45, 2.75) is 6.92 Å². The number of nitrogens with one attached hydrogen (secondary N) is 1. The highest BCUT2D eigenvalue weighted by Gasteiger charge is 2.12. The van der Waals surface area contributed by atoms with Gasteiger partial charge in [0, 0.05) is 16.7 Å². The van der Waals surface area contributed by atoms with Crippen LogP contribution in [0, 0.1) is 6.92 Å². The molecule has 0 spiro atoms. The Morgan fingerprint density at radius 2 is 1.83 bits per heavy atom. The summed E-state index contributed by atoms with van der Waals surface area (Å²) in [7, 11) is 0. The largest absolute Gasteiger partial charge is 0.436 e. The van der Waals surface area contributed by atoms with Crippen LogP contribution in [-0.4, -0.2) is 10.9 Å². The van der Waals surface area contributed by atoms with E-state index in [-0.39, 0.29) is 5.91 Å². The standard InChI is InChI=1S/C23H16Cl2N2O2/c1-14-2-10-19-21(12-14)29-23(27-19)16-6-9-18(25)20(13-16)26-22(28)11-5-15-3-7-17(24)8-4-15/h2-13H,1H3,(H,26,28). The zero-order chi connectivity index (χ0) is 20.4. The number of carbonyl (C=O) groups excluding carboxylic acids is 1. The minimum atomic E-state index is -0.299. The minimum absolute atomic E-state index is 0.299. The molecule has 1 N–H and O–H groups in total. The van der Waals surface area contributed by atoms with Gasteiger partial charge in [-0.2, -0.15) is 0 Å². The molecule has 1 amide bonds. The van der Waals surface area contributed by atoms with Crippen molar-refractivity contribution in [1.29, 1.82) is 0 Å². The first kappa shape index (κ1) is 19.2. The van der Waals surface area contributed by atoms with Crippen LogP contribution in [-0.2, 0) is 4.79 Å². The maximum absolute atomic E-state index is 12.3. The van der Waals surface area contributed by atoms with Gasteiger partial charge in [0.2, 0.25) is 11.8 Å². The number of halogens is 2. The number of nitrogens with zero attached hydrogens (tertiary/aromatic N) is 1. The Morgan fingerprint density at radius 3 is 2.62 bits per heavy atom. The number of aromatic nitrogens is 1. The summed E-state index contributed by atoms with van der Waals surface area (Å²) in [6.45, 7) is 2.00. The van der Waals surface area contributed by atoms with Crippen molar-refractivity contribution < 1.29 is 9.21 Å². The number of rotatable bonds is 4. The van der Waals surface area contributed by atoms with E-state index in [9.17, 15) is 4.79 Å². The average molecular weight is 423 g/mol. The maximum atomic E-state index is 12.3. The summed E-state index contributed by atoms with van der Waals surface area (Å²) in [5.41, 5.74) is 4.65. The topological polar surface area (TPSA) is 55.1 Å². The number of anilines is 1. The SMILES string of the molecule is Cc1ccc2nc(-c3ccc(Cl)c(NC(=O)C=Cc4ccc(Cl)cc4)c3)oc2c1. The average Bonchev–Trinajstić information content (AvgIpc) is 3.12. The fourth-order valence-corrected chi connectivity index (χ4v) is 3.12. The van der Waals surface area contributed by atoms with Gasteiger partial charge in [-0.3, -0.25) is 4.79 Å². The molecule has 0 aliphatic carbocycles. The van der Waals surface area contributed by atoms with Gasteiger partial charge in [0.15, 0.2) is 5.58 Å². The monoisotopic (exact) mass is 422 g/mol. The first-order chi connectivity index (χ1) is 14.0. The molecule has 0 saturated carbocycles. The third-order valence-electron chi connectivity index (χ3n) is 4.31. The lowest BCUT2D eigenvalue weighted by Crippen LogP contribution is -2.08. The van der Waals surface area contributed by atoms with Crippen LogP contribution in [0.2, 0.25) is 10.0 Å². The first-order valence-electron chi connectivity index (χ1n) is 8.90. The molecule has 1 heterocycles. The second-order valence-electron chi connectivity index (χ2n) is 6.56. The molecule has 0 aliphatic heterocycles. The van der Waals surface area contributed by atoms with E-state index in [2.05, 4.69) is 10.3 Å². The van der Waals surface area contributed by atoms with Gasteiger partial charge >= 0.3 is 0 Å². The quantitative estimate of drug-likeness (QED) is 0.369. The first-order valence-corrected chi connectivity index (χ1v) is 9.65. The summed E-state index contributed by atoms with van der Waals surface area (Å²) >= 11 is 12.1. The van der Waals surface area contributed by atoms with Gasteiger partial charge in [-0.05, 0) is 66.6 Å². The van der Waals surface area contributed by atoms with Crippen LogP contribution in [0.25, 0.3) is 28.6 Å². The van der Waals surface area contributed by atoms with Crippen LogP contribution in [0.3, 0.4) is 0 Å². The van der Waals surface area contributed by atoms with Gasteiger partial charge in [-0.1, -0.05) is 41.4 Å². The van der Waals surface area contributed by atoms with E-state index < -0.39 is 0 Å². The summed E-state index contributed by atoms with van der Waals surface area (Å²) in [6, 6.07) is 18.3. The van der Waals surface area contributed by atoms with E-state index in [1.54, 1.807) is 36.4 Å². The molecule has 0 bridgehead atoms. The Hall–Kier alpha value is -3.08. The van der Waals surface area contributed by atoms with Crippen molar-refractivity contribution in [2.24, 2.45) is 0 Å². The van der Waals surface area contributed by atoms with E-state index in [1.807, 2.05) is 37.3 Å². The van der Waals surface area contributed by atoms with Crippen LogP contribution in [0.1, 0.15) is 11.1 Å². The molecule has 4 nitrogen and oxygen atoms in total. The zero-order valence-corrected chi connectivity index (χ0v) is 17.0. The number of hydrogen-bond acceptors (Lipinski definition) is 3. The maximum Gasteiger partial charge on any atom is 0.248 e. The van der Waals surface area contributed by atoms with Crippen molar-refractivity contribution in [2.75, 3.05) is 5.32 Å². The summed E-state index contributed by atoms with van der Waals surface area (Å²) in [4.78, 5) is 16.8. The van der Waals surface area contributed by atoms with Gasteiger partial charge in [0.1, 0.15) is 5.52 Å². The Labute approximate surface area is 177 Å². The number of aryl methyl sites for hydroxylation is 1. The van der Waals surface area contributed by atoms with Crippen molar-refractivity contribution in [3.63, 3.8) is 0 Å². The fourth-order valence-electron chi connectivity index (χ4n) is 2.83. The molecule has 0 fully saturated rings. The van der Waals surface area contributed by atoms with Crippen LogP contribution in [0.4, 0.5) is 5.69 Å². The molecular weight excluding hydrogens is 407 g/mol. The lowest BCUT2D eigenvalue weighted by atomic mass is 10.2. The van der Waals surface area contributed by atoms with Crippen molar-refractivity contribution in [1.82, 2.24) is 4.98 Å². The molecule has 0 saturated heterocycles. The molecule has 144 valence electrons. The predicted octanol–water partition coefficient (Wildman–Crippen LogP) is 6.76. The molecule has 4 aromatic rings. The van der Waals surface area contributed by atoms with Gasteiger partial charge in [0.25, 0.3) is 0 Å². The predicted molar refractivity (Wildman–Crippen MR) is 118 cm³/mol. The van der Waals surface area contributed by atoms with E-state index >= 15 is 0 Å². The highest BCUT2D eigenvalue weighted by Crippen LogP contribution is 2.30. The molecule has 0 radical (unpaired) electrons. The highest BCUT2D eigenvalue weighted by molar-refractivity contribution is 6.34. The third-order valence-corrected chi connectivity index (χ3v) is 4.89. The number of oxazole rings is 1. The third kappa shape index (κ3) is 4.50. The molecule has 3 aromatic carbocycles. The summed E-state index contributed by atoms with van der Waals surface area (Å²) in [5, 5.41) is 3.86. The molecule has 0 unspecified atom stereocenters. The second-order valence-corrected chi connectivity index (χ2v) is 7.40. The Kier molecular flexibility index (Phi) is 5.38. The van der Waals surface area contributed by atoms with E-state index in [1.165, 1.54) is 6.08 Å².